The van der Waals surface area contributed by atoms with Gasteiger partial charge in [-0.15, -0.1) is 0 Å². The quantitative estimate of drug-likeness (QED) is 0.287. The largest absolute Gasteiger partial charge is 0.455 e. The molecule has 0 radical (unpaired) electrons. The molecule has 166 valence electrons. The van der Waals surface area contributed by atoms with Gasteiger partial charge in [-0.2, -0.15) is 8.42 Å². The third-order valence-corrected chi connectivity index (χ3v) is 6.97. The third-order valence-electron chi connectivity index (χ3n) is 3.43. The van der Waals surface area contributed by atoms with Crippen molar-refractivity contribution in [1.82, 2.24) is 0 Å². The first kappa shape index (κ1) is 25.9. The molecule has 0 spiro atoms. The van der Waals surface area contributed by atoms with Crippen LogP contribution in [0.4, 0.5) is 0 Å². The van der Waals surface area contributed by atoms with E-state index in [-0.39, 0.29) is 6.61 Å². The van der Waals surface area contributed by atoms with Crippen LogP contribution in [0.5, 0.6) is 0 Å². The van der Waals surface area contributed by atoms with Crippen LogP contribution < -0.4 is 0 Å². The van der Waals surface area contributed by atoms with Crippen LogP contribution in [0.25, 0.3) is 0 Å². The molecule has 0 bridgehead atoms. The normalized spacial score (nSPS) is 27.6. The van der Waals surface area contributed by atoms with Crippen LogP contribution in [-0.2, 0) is 37.1 Å². The van der Waals surface area contributed by atoms with Crippen LogP contribution in [0.3, 0.4) is 0 Å². The number of ether oxygens (including phenoxy) is 1. The van der Waals surface area contributed by atoms with Crippen molar-refractivity contribution in [3.63, 3.8) is 0 Å². The number of rotatable bonds is 9. The van der Waals surface area contributed by atoms with Gasteiger partial charge < -0.3 is 18.0 Å². The Morgan fingerprint density at radius 2 is 1.36 bits per heavy atom. The van der Waals surface area contributed by atoms with Gasteiger partial charge in [-0.3, -0.25) is 4.18 Å². The number of carbonyl (C=O) groups excluding carboxylic acids is 1. The van der Waals surface area contributed by atoms with Crippen molar-refractivity contribution in [1.29, 1.82) is 0 Å². The highest BCUT2D eigenvalue weighted by atomic mass is 32.2. The fourth-order valence-corrected chi connectivity index (χ4v) is 5.98. The second-order valence-electron chi connectivity index (χ2n) is 10.0. The fraction of sp³-hybridized carbons (Fsp3) is 0.938. The third kappa shape index (κ3) is 9.61. The standard InChI is InChI=1S/C16H36O8SSi3/c1-25(18,19)22-13-12(11-20-26(2,3)4)21-16(17)15(24-28(8,9)10)14(13)23-27(5,6)7/h12-15H,11H2,1-10H3/t12-,13-,14+,15-/m1/s1. The van der Waals surface area contributed by atoms with E-state index in [1.54, 1.807) is 0 Å². The zero-order valence-corrected chi connectivity index (χ0v) is 22.5. The number of hydrogen-bond acceptors (Lipinski definition) is 8. The van der Waals surface area contributed by atoms with Crippen molar-refractivity contribution in [3.8, 4) is 0 Å². The SMILES string of the molecule is C[Si](C)(C)OC[C@H]1OC(=O)[C@H](O[Si](C)(C)C)[C@@H](O[Si](C)(C)C)[C@@H]1OS(C)(=O)=O. The van der Waals surface area contributed by atoms with Crippen molar-refractivity contribution in [2.75, 3.05) is 12.9 Å². The lowest BCUT2D eigenvalue weighted by Gasteiger charge is -2.44. The molecule has 1 saturated heterocycles. The molecule has 1 fully saturated rings. The number of hydrogen-bond donors (Lipinski definition) is 0. The minimum Gasteiger partial charge on any atom is -0.455 e. The van der Waals surface area contributed by atoms with E-state index in [4.69, 9.17) is 22.2 Å². The molecule has 1 aliphatic rings. The summed E-state index contributed by atoms with van der Waals surface area (Å²) in [6.45, 7) is 17.8. The van der Waals surface area contributed by atoms with Gasteiger partial charge in [0.25, 0.3) is 10.1 Å². The zero-order valence-electron chi connectivity index (χ0n) is 18.7. The Morgan fingerprint density at radius 1 is 0.857 bits per heavy atom. The summed E-state index contributed by atoms with van der Waals surface area (Å²) in [6, 6.07) is 0. The van der Waals surface area contributed by atoms with Crippen molar-refractivity contribution < 1.29 is 35.4 Å². The average Bonchev–Trinajstić information content (AvgIpc) is 2.39. The predicted octanol–water partition coefficient (Wildman–Crippen LogP) is 2.55. The number of esters is 1. The second kappa shape index (κ2) is 8.96. The van der Waals surface area contributed by atoms with E-state index >= 15 is 0 Å². The van der Waals surface area contributed by atoms with Crippen molar-refractivity contribution in [2.24, 2.45) is 0 Å². The maximum Gasteiger partial charge on any atom is 0.337 e. The summed E-state index contributed by atoms with van der Waals surface area (Å²) >= 11 is 0. The molecule has 0 amide bonds. The summed E-state index contributed by atoms with van der Waals surface area (Å²) < 4.78 is 53.0. The lowest BCUT2D eigenvalue weighted by atomic mass is 10.0. The first-order chi connectivity index (χ1) is 12.3. The zero-order chi connectivity index (χ0) is 22.1. The van der Waals surface area contributed by atoms with Gasteiger partial charge >= 0.3 is 5.97 Å². The average molecular weight is 473 g/mol. The van der Waals surface area contributed by atoms with E-state index < -0.39 is 65.5 Å². The highest BCUT2D eigenvalue weighted by Crippen LogP contribution is 2.30. The van der Waals surface area contributed by atoms with Crippen molar-refractivity contribution in [2.45, 2.75) is 83.3 Å². The summed E-state index contributed by atoms with van der Waals surface area (Å²) in [4.78, 5) is 12.8. The molecule has 0 aromatic rings. The van der Waals surface area contributed by atoms with E-state index in [0.717, 1.165) is 6.26 Å². The van der Waals surface area contributed by atoms with E-state index in [1.807, 2.05) is 58.9 Å². The van der Waals surface area contributed by atoms with E-state index in [2.05, 4.69) is 0 Å². The molecule has 4 atom stereocenters. The molecule has 12 heteroatoms. The van der Waals surface area contributed by atoms with Crippen molar-refractivity contribution >= 4 is 41.0 Å². The molecular formula is C16H36O8SSi3. The van der Waals surface area contributed by atoms with Crippen LogP contribution in [0.2, 0.25) is 58.9 Å². The topological polar surface area (TPSA) is 97.4 Å². The van der Waals surface area contributed by atoms with E-state index in [1.165, 1.54) is 0 Å². The lowest BCUT2D eigenvalue weighted by molar-refractivity contribution is -0.196. The van der Waals surface area contributed by atoms with Gasteiger partial charge in [0, 0.05) is 0 Å². The highest BCUT2D eigenvalue weighted by molar-refractivity contribution is 7.86. The maximum atomic E-state index is 12.8. The summed E-state index contributed by atoms with van der Waals surface area (Å²) in [5.74, 6) is -0.566. The predicted molar refractivity (Wildman–Crippen MR) is 115 cm³/mol. The molecule has 0 N–H and O–H groups in total. The Hall–Kier alpha value is -0.0894. The summed E-state index contributed by atoms with van der Waals surface area (Å²) in [5.41, 5.74) is 0. The molecule has 28 heavy (non-hydrogen) atoms. The Balaban J connectivity index is 3.32. The molecule has 1 heterocycles. The Morgan fingerprint density at radius 3 is 1.75 bits per heavy atom. The van der Waals surface area contributed by atoms with Gasteiger partial charge in [-0.1, -0.05) is 0 Å². The first-order valence-electron chi connectivity index (χ1n) is 9.36. The molecule has 0 aromatic carbocycles. The minimum absolute atomic E-state index is 0.0485. The van der Waals surface area contributed by atoms with Gasteiger partial charge in [0.2, 0.25) is 0 Å². The summed E-state index contributed by atoms with van der Waals surface area (Å²) in [6.07, 6.45) is -2.87. The number of cyclic esters (lactones) is 1. The van der Waals surface area contributed by atoms with Crippen LogP contribution in [0.15, 0.2) is 0 Å². The van der Waals surface area contributed by atoms with Gasteiger partial charge in [-0.25, -0.2) is 4.79 Å². The Bertz CT molecular complexity index is 648. The smallest absolute Gasteiger partial charge is 0.337 e. The summed E-state index contributed by atoms with van der Waals surface area (Å²) in [5, 5.41) is 0. The van der Waals surface area contributed by atoms with Crippen LogP contribution in [-0.4, -0.2) is 76.6 Å². The van der Waals surface area contributed by atoms with E-state index in [9.17, 15) is 13.2 Å². The first-order valence-corrected chi connectivity index (χ1v) is 21.4. The maximum absolute atomic E-state index is 12.8. The monoisotopic (exact) mass is 472 g/mol. The fourth-order valence-electron chi connectivity index (χ4n) is 2.61. The van der Waals surface area contributed by atoms with Crippen LogP contribution in [0, 0.1) is 0 Å². The highest BCUT2D eigenvalue weighted by Gasteiger charge is 2.52. The molecule has 1 rings (SSSR count). The Labute approximate surface area is 172 Å². The molecule has 0 saturated carbocycles. The van der Waals surface area contributed by atoms with Crippen LogP contribution >= 0.6 is 0 Å². The van der Waals surface area contributed by atoms with Gasteiger partial charge in [0.05, 0.1) is 12.9 Å². The minimum atomic E-state index is -3.83. The van der Waals surface area contributed by atoms with Gasteiger partial charge in [0.1, 0.15) is 12.2 Å². The number of carbonyl (C=O) groups is 1. The Kier molecular flexibility index (Phi) is 8.30. The lowest BCUT2D eigenvalue weighted by Crippen LogP contribution is -2.63. The molecule has 0 unspecified atom stereocenters. The van der Waals surface area contributed by atoms with Gasteiger partial charge in [-0.05, 0) is 58.9 Å². The van der Waals surface area contributed by atoms with Crippen molar-refractivity contribution in [3.05, 3.63) is 0 Å². The molecule has 0 aromatic heterocycles. The molecule has 8 nitrogen and oxygen atoms in total. The molecular weight excluding hydrogens is 436 g/mol. The van der Waals surface area contributed by atoms with Gasteiger partial charge in [0.15, 0.2) is 37.2 Å². The van der Waals surface area contributed by atoms with Crippen LogP contribution in [0.1, 0.15) is 0 Å². The molecule has 0 aliphatic carbocycles. The second-order valence-corrected chi connectivity index (χ2v) is 25.0. The molecule has 1 aliphatic heterocycles. The van der Waals surface area contributed by atoms with E-state index in [0.29, 0.717) is 0 Å². The summed E-state index contributed by atoms with van der Waals surface area (Å²) in [7, 11) is -10.1.